The maximum Gasteiger partial charge on any atom is 0.166 e. The van der Waals surface area contributed by atoms with Crippen LogP contribution in [0.25, 0.3) is 10.9 Å². The second-order valence-electron chi connectivity index (χ2n) is 4.42. The van der Waals surface area contributed by atoms with E-state index in [1.165, 1.54) is 12.8 Å². The van der Waals surface area contributed by atoms with Gasteiger partial charge >= 0.3 is 0 Å². The van der Waals surface area contributed by atoms with Gasteiger partial charge < -0.3 is 4.57 Å². The Bertz CT molecular complexity index is 554. The molecule has 82 valence electrons. The first kappa shape index (κ1) is 10.1. The molecule has 0 unspecified atom stereocenters. The lowest BCUT2D eigenvalue weighted by molar-refractivity contribution is 0.111. The Labute approximate surface area is 102 Å². The number of fused-ring (bicyclic) bond motifs is 1. The Kier molecular flexibility index (Phi) is 2.36. The quantitative estimate of drug-likeness (QED) is 0.786. The molecule has 3 rings (SSSR count). The molecule has 1 aliphatic carbocycles. The summed E-state index contributed by atoms with van der Waals surface area (Å²) in [7, 11) is 0. The van der Waals surface area contributed by atoms with Crippen molar-refractivity contribution in [2.75, 3.05) is 0 Å². The van der Waals surface area contributed by atoms with Gasteiger partial charge in [0.1, 0.15) is 0 Å². The van der Waals surface area contributed by atoms with Gasteiger partial charge in [-0.05, 0) is 46.8 Å². The van der Waals surface area contributed by atoms with Crippen molar-refractivity contribution in [3.05, 3.63) is 34.4 Å². The Balaban J connectivity index is 2.23. The summed E-state index contributed by atoms with van der Waals surface area (Å²) in [5, 5.41) is 1.14. The van der Waals surface area contributed by atoms with Gasteiger partial charge in [0.05, 0.1) is 11.2 Å². The molecular formula is C13H12BrNO. The molecule has 0 N–H and O–H groups in total. The van der Waals surface area contributed by atoms with Crippen LogP contribution in [0.4, 0.5) is 0 Å². The highest BCUT2D eigenvalue weighted by Gasteiger charge is 2.24. The predicted molar refractivity (Wildman–Crippen MR) is 67.7 cm³/mol. The fourth-order valence-corrected chi connectivity index (χ4v) is 2.75. The number of carbonyl (C=O) groups is 1. The molecule has 0 saturated heterocycles. The van der Waals surface area contributed by atoms with Crippen LogP contribution in [0, 0.1) is 5.92 Å². The number of para-hydroxylation sites is 1. The number of halogens is 1. The molecule has 1 fully saturated rings. The van der Waals surface area contributed by atoms with Crippen molar-refractivity contribution >= 4 is 33.1 Å². The molecule has 1 aromatic heterocycles. The van der Waals surface area contributed by atoms with Gasteiger partial charge in [-0.25, -0.2) is 0 Å². The first-order valence-electron chi connectivity index (χ1n) is 5.52. The first-order valence-corrected chi connectivity index (χ1v) is 6.32. The maximum atomic E-state index is 11.1. The lowest BCUT2D eigenvalue weighted by Crippen LogP contribution is -2.03. The largest absolute Gasteiger partial charge is 0.337 e. The van der Waals surface area contributed by atoms with E-state index in [1.807, 2.05) is 18.2 Å². The first-order chi connectivity index (χ1) is 7.79. The fraction of sp³-hybridized carbons (Fsp3) is 0.308. The van der Waals surface area contributed by atoms with E-state index >= 15 is 0 Å². The Morgan fingerprint density at radius 1 is 1.44 bits per heavy atom. The van der Waals surface area contributed by atoms with Gasteiger partial charge in [0.25, 0.3) is 0 Å². The minimum Gasteiger partial charge on any atom is -0.337 e. The molecule has 0 amide bonds. The summed E-state index contributed by atoms with van der Waals surface area (Å²) in [5.74, 6) is 0.765. The number of rotatable bonds is 3. The van der Waals surface area contributed by atoms with Gasteiger partial charge in [0.2, 0.25) is 0 Å². The zero-order valence-corrected chi connectivity index (χ0v) is 10.4. The molecule has 1 aromatic carbocycles. The highest BCUT2D eigenvalue weighted by molar-refractivity contribution is 9.10. The van der Waals surface area contributed by atoms with E-state index in [2.05, 4.69) is 26.6 Å². The second-order valence-corrected chi connectivity index (χ2v) is 5.27. The van der Waals surface area contributed by atoms with E-state index in [1.54, 1.807) is 0 Å². The number of benzene rings is 1. The topological polar surface area (TPSA) is 22.0 Å². The van der Waals surface area contributed by atoms with Crippen molar-refractivity contribution in [1.29, 1.82) is 0 Å². The number of aromatic nitrogens is 1. The van der Waals surface area contributed by atoms with Crippen LogP contribution in [0.2, 0.25) is 0 Å². The molecule has 1 saturated carbocycles. The number of hydrogen-bond acceptors (Lipinski definition) is 1. The van der Waals surface area contributed by atoms with Crippen LogP contribution < -0.4 is 0 Å². The fourth-order valence-electron chi connectivity index (χ4n) is 2.15. The summed E-state index contributed by atoms with van der Waals surface area (Å²) in [6.45, 7) is 0.972. The predicted octanol–water partition coefficient (Wildman–Crippen LogP) is 3.63. The molecule has 3 heteroatoms. The molecule has 0 radical (unpaired) electrons. The van der Waals surface area contributed by atoms with Gasteiger partial charge in [0.15, 0.2) is 6.29 Å². The normalized spacial score (nSPS) is 15.6. The average Bonchev–Trinajstić information content (AvgIpc) is 3.00. The molecule has 2 nitrogen and oxygen atoms in total. The summed E-state index contributed by atoms with van der Waals surface area (Å²) in [6, 6.07) is 8.05. The summed E-state index contributed by atoms with van der Waals surface area (Å²) >= 11 is 3.56. The van der Waals surface area contributed by atoms with Crippen LogP contribution in [0.15, 0.2) is 28.7 Å². The molecule has 1 aliphatic rings. The van der Waals surface area contributed by atoms with Crippen molar-refractivity contribution in [3.63, 3.8) is 0 Å². The van der Waals surface area contributed by atoms with E-state index < -0.39 is 0 Å². The zero-order chi connectivity index (χ0) is 11.1. The van der Waals surface area contributed by atoms with Crippen LogP contribution in [0.1, 0.15) is 23.3 Å². The van der Waals surface area contributed by atoms with E-state index in [-0.39, 0.29) is 0 Å². The average molecular weight is 278 g/mol. The smallest absolute Gasteiger partial charge is 0.166 e. The molecule has 0 bridgehead atoms. The van der Waals surface area contributed by atoms with Crippen molar-refractivity contribution in [2.24, 2.45) is 5.92 Å². The van der Waals surface area contributed by atoms with Crippen molar-refractivity contribution in [2.45, 2.75) is 19.4 Å². The van der Waals surface area contributed by atoms with E-state index in [0.717, 1.165) is 39.8 Å². The number of hydrogen-bond donors (Lipinski definition) is 0. The molecular weight excluding hydrogens is 266 g/mol. The van der Waals surface area contributed by atoms with Crippen LogP contribution in [0.5, 0.6) is 0 Å². The number of aldehydes is 1. The van der Waals surface area contributed by atoms with Gasteiger partial charge in [-0.1, -0.05) is 12.1 Å². The lowest BCUT2D eigenvalue weighted by atomic mass is 10.2. The van der Waals surface area contributed by atoms with Gasteiger partial charge in [-0.2, -0.15) is 0 Å². The Morgan fingerprint density at radius 3 is 2.94 bits per heavy atom. The van der Waals surface area contributed by atoms with E-state index in [4.69, 9.17) is 0 Å². The molecule has 0 atom stereocenters. The van der Waals surface area contributed by atoms with Crippen LogP contribution in [0.3, 0.4) is 0 Å². The van der Waals surface area contributed by atoms with Crippen LogP contribution in [-0.4, -0.2) is 10.9 Å². The van der Waals surface area contributed by atoms with Crippen LogP contribution in [-0.2, 0) is 6.54 Å². The maximum absolute atomic E-state index is 11.1. The standard InChI is InChI=1S/C13H12BrNO/c14-12-3-1-2-10-6-11(8-16)15(13(10)12)7-9-4-5-9/h1-3,6,8-9H,4-5,7H2. The minimum atomic E-state index is 0.765. The third kappa shape index (κ3) is 1.59. The highest BCUT2D eigenvalue weighted by atomic mass is 79.9. The molecule has 16 heavy (non-hydrogen) atoms. The minimum absolute atomic E-state index is 0.765. The summed E-state index contributed by atoms with van der Waals surface area (Å²) in [6.07, 6.45) is 3.54. The van der Waals surface area contributed by atoms with Crippen LogP contribution >= 0.6 is 15.9 Å². The Hall–Kier alpha value is -1.09. The third-order valence-corrected chi connectivity index (χ3v) is 3.80. The van der Waals surface area contributed by atoms with Crippen molar-refractivity contribution < 1.29 is 4.79 Å². The summed E-state index contributed by atoms with van der Waals surface area (Å²) in [5.41, 5.74) is 1.94. The van der Waals surface area contributed by atoms with Gasteiger partial charge in [0, 0.05) is 16.4 Å². The highest BCUT2D eigenvalue weighted by Crippen LogP contribution is 2.34. The zero-order valence-electron chi connectivity index (χ0n) is 8.82. The summed E-state index contributed by atoms with van der Waals surface area (Å²) in [4.78, 5) is 11.1. The van der Waals surface area contributed by atoms with Gasteiger partial charge in [-0.3, -0.25) is 4.79 Å². The van der Waals surface area contributed by atoms with Gasteiger partial charge in [-0.15, -0.1) is 0 Å². The Morgan fingerprint density at radius 2 is 2.25 bits per heavy atom. The molecule has 0 aliphatic heterocycles. The third-order valence-electron chi connectivity index (χ3n) is 3.16. The second kappa shape index (κ2) is 3.74. The van der Waals surface area contributed by atoms with E-state index in [0.29, 0.717) is 0 Å². The van der Waals surface area contributed by atoms with Crippen molar-refractivity contribution in [1.82, 2.24) is 4.57 Å². The van der Waals surface area contributed by atoms with E-state index in [9.17, 15) is 4.79 Å². The molecule has 0 spiro atoms. The monoisotopic (exact) mass is 277 g/mol. The lowest BCUT2D eigenvalue weighted by Gasteiger charge is -2.07. The van der Waals surface area contributed by atoms with Crippen molar-refractivity contribution in [3.8, 4) is 0 Å². The number of carbonyl (C=O) groups excluding carboxylic acids is 1. The number of nitrogens with zero attached hydrogens (tertiary/aromatic N) is 1. The molecule has 1 heterocycles. The SMILES string of the molecule is O=Cc1cc2cccc(Br)c2n1CC1CC1. The molecule has 2 aromatic rings. The summed E-state index contributed by atoms with van der Waals surface area (Å²) < 4.78 is 3.21.